The number of aromatic nitrogens is 1. The number of halogens is 3. The molecular weight excluding hydrogens is 230 g/mol. The van der Waals surface area contributed by atoms with Crippen LogP contribution >= 0.6 is 15.9 Å². The van der Waals surface area contributed by atoms with Gasteiger partial charge in [0.2, 0.25) is 0 Å². The first-order valence-electron chi connectivity index (χ1n) is 3.25. The van der Waals surface area contributed by atoms with E-state index >= 15 is 0 Å². The molecule has 1 atom stereocenters. The monoisotopic (exact) mass is 236 g/mol. The van der Waals surface area contributed by atoms with Crippen molar-refractivity contribution in [2.24, 2.45) is 5.73 Å². The van der Waals surface area contributed by atoms with Gasteiger partial charge in [-0.3, -0.25) is 4.98 Å². The van der Waals surface area contributed by atoms with Gasteiger partial charge in [0.15, 0.2) is 0 Å². The van der Waals surface area contributed by atoms with Crippen molar-refractivity contribution in [2.75, 3.05) is 0 Å². The van der Waals surface area contributed by atoms with Gasteiger partial charge in [-0.15, -0.1) is 0 Å². The highest BCUT2D eigenvalue weighted by Crippen LogP contribution is 2.19. The number of hydrogen-bond acceptors (Lipinski definition) is 2. The summed E-state index contributed by atoms with van der Waals surface area (Å²) < 4.78 is 24.8. The Labute approximate surface area is 76.9 Å². The fourth-order valence-electron chi connectivity index (χ4n) is 0.756. The van der Waals surface area contributed by atoms with Gasteiger partial charge in [-0.2, -0.15) is 0 Å². The summed E-state index contributed by atoms with van der Waals surface area (Å²) in [5.74, 6) is 0. The van der Waals surface area contributed by atoms with Crippen LogP contribution in [0.2, 0.25) is 0 Å². The van der Waals surface area contributed by atoms with Crippen molar-refractivity contribution in [3.63, 3.8) is 0 Å². The molecule has 0 radical (unpaired) electrons. The summed E-state index contributed by atoms with van der Waals surface area (Å²) in [4.78, 5) is 3.73. The average molecular weight is 237 g/mol. The van der Waals surface area contributed by atoms with Crippen LogP contribution in [0.15, 0.2) is 22.9 Å². The van der Waals surface area contributed by atoms with E-state index in [0.717, 1.165) is 0 Å². The van der Waals surface area contributed by atoms with Gasteiger partial charge < -0.3 is 5.73 Å². The molecule has 12 heavy (non-hydrogen) atoms. The van der Waals surface area contributed by atoms with Crippen LogP contribution in [-0.2, 0) is 0 Å². The summed E-state index contributed by atoms with van der Waals surface area (Å²) in [5, 5.41) is 0. The zero-order valence-electron chi connectivity index (χ0n) is 6.05. The molecule has 0 aliphatic rings. The molecule has 1 aromatic heterocycles. The normalized spacial score (nSPS) is 13.4. The number of pyridine rings is 1. The van der Waals surface area contributed by atoms with Crippen LogP contribution < -0.4 is 5.73 Å². The van der Waals surface area contributed by atoms with Gasteiger partial charge in [0.05, 0.1) is 6.04 Å². The second kappa shape index (κ2) is 3.91. The number of rotatable bonds is 2. The van der Waals surface area contributed by atoms with E-state index in [1.165, 1.54) is 18.5 Å². The molecule has 0 aromatic carbocycles. The van der Waals surface area contributed by atoms with E-state index in [1.54, 1.807) is 0 Å². The Balaban J connectivity index is 2.88. The first-order valence-corrected chi connectivity index (χ1v) is 4.04. The molecule has 0 amide bonds. The van der Waals surface area contributed by atoms with E-state index in [0.29, 0.717) is 10.0 Å². The van der Waals surface area contributed by atoms with E-state index in [9.17, 15) is 8.78 Å². The minimum atomic E-state index is -2.55. The Kier molecular flexibility index (Phi) is 3.11. The second-order valence-corrected chi connectivity index (χ2v) is 3.21. The molecule has 1 rings (SSSR count). The van der Waals surface area contributed by atoms with Gasteiger partial charge in [0.1, 0.15) is 0 Å². The van der Waals surface area contributed by atoms with Crippen LogP contribution in [-0.4, -0.2) is 11.4 Å². The average Bonchev–Trinajstić information content (AvgIpc) is 2.03. The fourth-order valence-corrected chi connectivity index (χ4v) is 1.14. The zero-order valence-corrected chi connectivity index (χ0v) is 7.63. The van der Waals surface area contributed by atoms with Crippen molar-refractivity contribution in [3.8, 4) is 0 Å². The maximum atomic E-state index is 12.1. The Morgan fingerprint density at radius 3 is 2.58 bits per heavy atom. The molecule has 0 unspecified atom stereocenters. The van der Waals surface area contributed by atoms with E-state index in [1.807, 2.05) is 0 Å². The summed E-state index contributed by atoms with van der Waals surface area (Å²) in [5.41, 5.74) is 5.53. The van der Waals surface area contributed by atoms with Crippen molar-refractivity contribution in [1.82, 2.24) is 4.98 Å². The molecular formula is C7H7BrF2N2. The van der Waals surface area contributed by atoms with Crippen molar-refractivity contribution >= 4 is 15.9 Å². The lowest BCUT2D eigenvalue weighted by atomic mass is 10.1. The van der Waals surface area contributed by atoms with Crippen LogP contribution in [0.5, 0.6) is 0 Å². The van der Waals surface area contributed by atoms with Crippen LogP contribution in [0.1, 0.15) is 11.6 Å². The van der Waals surface area contributed by atoms with Gasteiger partial charge >= 0.3 is 0 Å². The molecule has 2 nitrogen and oxygen atoms in total. The molecule has 0 aliphatic heterocycles. The van der Waals surface area contributed by atoms with Crippen LogP contribution in [0.3, 0.4) is 0 Å². The molecule has 1 heterocycles. The highest BCUT2D eigenvalue weighted by atomic mass is 79.9. The summed E-state index contributed by atoms with van der Waals surface area (Å²) in [6.07, 6.45) is 0.296. The predicted molar refractivity (Wildman–Crippen MR) is 44.9 cm³/mol. The Hall–Kier alpha value is -0.550. The lowest BCUT2D eigenvalue weighted by Crippen LogP contribution is -2.18. The predicted octanol–water partition coefficient (Wildman–Crippen LogP) is 2.11. The third kappa shape index (κ3) is 2.22. The summed E-state index contributed by atoms with van der Waals surface area (Å²) in [7, 11) is 0. The van der Waals surface area contributed by atoms with Crippen molar-refractivity contribution in [3.05, 3.63) is 28.5 Å². The number of alkyl halides is 2. The van der Waals surface area contributed by atoms with Gasteiger partial charge in [-0.25, -0.2) is 8.78 Å². The Morgan fingerprint density at radius 2 is 2.08 bits per heavy atom. The maximum absolute atomic E-state index is 12.1. The van der Waals surface area contributed by atoms with Crippen LogP contribution in [0.4, 0.5) is 8.78 Å². The molecule has 1 aromatic rings. The van der Waals surface area contributed by atoms with E-state index in [2.05, 4.69) is 20.9 Å². The summed E-state index contributed by atoms with van der Waals surface area (Å²) in [6.45, 7) is 0. The van der Waals surface area contributed by atoms with Crippen LogP contribution in [0, 0.1) is 0 Å². The van der Waals surface area contributed by atoms with Crippen molar-refractivity contribution in [1.29, 1.82) is 0 Å². The molecule has 0 saturated heterocycles. The first-order chi connectivity index (χ1) is 5.61. The molecule has 0 spiro atoms. The van der Waals surface area contributed by atoms with E-state index < -0.39 is 12.5 Å². The zero-order chi connectivity index (χ0) is 9.14. The quantitative estimate of drug-likeness (QED) is 0.855. The highest BCUT2D eigenvalue weighted by molar-refractivity contribution is 9.10. The minimum absolute atomic E-state index is 0.333. The number of nitrogens with two attached hydrogens (primary N) is 1. The maximum Gasteiger partial charge on any atom is 0.257 e. The molecule has 66 valence electrons. The molecule has 0 bridgehead atoms. The van der Waals surface area contributed by atoms with Gasteiger partial charge in [-0.05, 0) is 27.6 Å². The van der Waals surface area contributed by atoms with Crippen LogP contribution in [0.25, 0.3) is 0 Å². The second-order valence-electron chi connectivity index (χ2n) is 2.30. The molecule has 0 aliphatic carbocycles. The fraction of sp³-hybridized carbons (Fsp3) is 0.286. The number of nitrogens with zero attached hydrogens (tertiary/aromatic N) is 1. The van der Waals surface area contributed by atoms with E-state index in [-0.39, 0.29) is 0 Å². The molecule has 0 fully saturated rings. The standard InChI is InChI=1S/C7H7BrF2N2/c8-5-1-4(2-12-3-5)6(11)7(9)10/h1-3,6-7H,11H2/t6-/m0/s1. The largest absolute Gasteiger partial charge is 0.319 e. The minimum Gasteiger partial charge on any atom is -0.319 e. The molecule has 5 heteroatoms. The lowest BCUT2D eigenvalue weighted by molar-refractivity contribution is 0.116. The van der Waals surface area contributed by atoms with Gasteiger partial charge in [0, 0.05) is 16.9 Å². The topological polar surface area (TPSA) is 38.9 Å². The number of hydrogen-bond donors (Lipinski definition) is 1. The van der Waals surface area contributed by atoms with Gasteiger partial charge in [-0.1, -0.05) is 0 Å². The SMILES string of the molecule is N[C@@H](c1cncc(Br)c1)C(F)F. The first kappa shape index (κ1) is 9.54. The third-order valence-electron chi connectivity index (χ3n) is 1.38. The lowest BCUT2D eigenvalue weighted by Gasteiger charge is -2.09. The Morgan fingerprint density at radius 1 is 1.42 bits per heavy atom. The summed E-state index contributed by atoms with van der Waals surface area (Å²) >= 11 is 3.12. The Bertz CT molecular complexity index is 267. The molecule has 0 saturated carbocycles. The summed E-state index contributed by atoms with van der Waals surface area (Å²) in [6, 6.07) is 0.277. The highest BCUT2D eigenvalue weighted by Gasteiger charge is 2.17. The van der Waals surface area contributed by atoms with E-state index in [4.69, 9.17) is 5.73 Å². The third-order valence-corrected chi connectivity index (χ3v) is 1.82. The van der Waals surface area contributed by atoms with Crippen molar-refractivity contribution < 1.29 is 8.78 Å². The smallest absolute Gasteiger partial charge is 0.257 e. The van der Waals surface area contributed by atoms with Crippen molar-refractivity contribution in [2.45, 2.75) is 12.5 Å². The van der Waals surface area contributed by atoms with Gasteiger partial charge in [0.25, 0.3) is 6.43 Å². The molecule has 2 N–H and O–H groups in total.